The molecule has 0 fully saturated rings. The molecule has 0 aliphatic carbocycles. The molecule has 0 aliphatic rings. The van der Waals surface area contributed by atoms with Crippen LogP contribution in [0.15, 0.2) is 18.2 Å². The predicted molar refractivity (Wildman–Crippen MR) is 44.4 cm³/mol. The first-order valence-corrected chi connectivity index (χ1v) is 3.86. The van der Waals surface area contributed by atoms with E-state index in [2.05, 4.69) is 5.32 Å². The molecule has 78 valence electrons. The van der Waals surface area contributed by atoms with Crippen LogP contribution in [-0.2, 0) is 12.7 Å². The molecular formula is C9H8F4N-. The Morgan fingerprint density at radius 1 is 1.29 bits per heavy atom. The summed E-state index contributed by atoms with van der Waals surface area (Å²) >= 11 is 0. The third-order valence-corrected chi connectivity index (χ3v) is 1.68. The maximum Gasteiger partial charge on any atom is 0.419 e. The molecular weight excluding hydrogens is 198 g/mol. The molecule has 0 heterocycles. The first kappa shape index (κ1) is 11.0. The van der Waals surface area contributed by atoms with Gasteiger partial charge >= 0.3 is 6.18 Å². The highest BCUT2D eigenvalue weighted by atomic mass is 19.4. The van der Waals surface area contributed by atoms with E-state index in [1.807, 2.05) is 0 Å². The summed E-state index contributed by atoms with van der Waals surface area (Å²) in [7, 11) is 1.48. The van der Waals surface area contributed by atoms with Gasteiger partial charge in [-0.3, -0.25) is 0 Å². The van der Waals surface area contributed by atoms with Crippen molar-refractivity contribution in [3.8, 4) is 0 Å². The highest BCUT2D eigenvalue weighted by molar-refractivity contribution is 5.28. The minimum Gasteiger partial charge on any atom is -0.661 e. The molecule has 0 amide bonds. The molecule has 0 radical (unpaired) electrons. The minimum absolute atomic E-state index is 0.156. The van der Waals surface area contributed by atoms with Crippen LogP contribution in [0, 0.1) is 5.82 Å². The Bertz CT molecular complexity index is 319. The fourth-order valence-corrected chi connectivity index (χ4v) is 1.07. The van der Waals surface area contributed by atoms with E-state index in [9.17, 15) is 17.6 Å². The first-order chi connectivity index (χ1) is 6.45. The first-order valence-electron chi connectivity index (χ1n) is 3.86. The van der Waals surface area contributed by atoms with Crippen molar-refractivity contribution in [1.82, 2.24) is 0 Å². The zero-order chi connectivity index (χ0) is 10.8. The standard InChI is InChI=1S/C9H8F4N/c1-14-5-6-2-3-8(10)7(4-6)9(11,12)13/h2-4H,5H2,1H3/q-1. The van der Waals surface area contributed by atoms with Crippen LogP contribution >= 0.6 is 0 Å². The number of benzene rings is 1. The van der Waals surface area contributed by atoms with Gasteiger partial charge in [-0.15, -0.1) is 6.54 Å². The van der Waals surface area contributed by atoms with Crippen LogP contribution in [0.3, 0.4) is 0 Å². The van der Waals surface area contributed by atoms with Gasteiger partial charge < -0.3 is 5.32 Å². The molecule has 1 aromatic carbocycles. The molecule has 1 aromatic rings. The van der Waals surface area contributed by atoms with Crippen molar-refractivity contribution in [2.75, 3.05) is 7.05 Å². The van der Waals surface area contributed by atoms with Gasteiger partial charge in [-0.25, -0.2) is 4.39 Å². The molecule has 0 unspecified atom stereocenters. The van der Waals surface area contributed by atoms with Gasteiger partial charge in [0.2, 0.25) is 0 Å². The van der Waals surface area contributed by atoms with Gasteiger partial charge in [-0.2, -0.15) is 20.2 Å². The fourth-order valence-electron chi connectivity index (χ4n) is 1.07. The summed E-state index contributed by atoms with van der Waals surface area (Å²) in [4.78, 5) is 0. The molecule has 0 bridgehead atoms. The fraction of sp³-hybridized carbons (Fsp3) is 0.333. The lowest BCUT2D eigenvalue weighted by atomic mass is 10.1. The lowest BCUT2D eigenvalue weighted by molar-refractivity contribution is -0.140. The topological polar surface area (TPSA) is 14.1 Å². The second kappa shape index (κ2) is 3.96. The van der Waals surface area contributed by atoms with Crippen molar-refractivity contribution >= 4 is 0 Å². The maximum absolute atomic E-state index is 12.8. The second-order valence-corrected chi connectivity index (χ2v) is 2.79. The number of rotatable bonds is 2. The van der Waals surface area contributed by atoms with Crippen molar-refractivity contribution in [2.24, 2.45) is 0 Å². The Balaban J connectivity index is 3.09. The summed E-state index contributed by atoms with van der Waals surface area (Å²) in [5.41, 5.74) is -0.889. The molecule has 1 nitrogen and oxygen atoms in total. The highest BCUT2D eigenvalue weighted by Gasteiger charge is 2.33. The van der Waals surface area contributed by atoms with Crippen molar-refractivity contribution in [1.29, 1.82) is 0 Å². The van der Waals surface area contributed by atoms with E-state index >= 15 is 0 Å². The zero-order valence-electron chi connectivity index (χ0n) is 7.40. The zero-order valence-corrected chi connectivity index (χ0v) is 7.40. The summed E-state index contributed by atoms with van der Waals surface area (Å²) in [5, 5.41) is 3.67. The number of alkyl halides is 3. The van der Waals surface area contributed by atoms with Crippen LogP contribution in [0.25, 0.3) is 5.32 Å². The third kappa shape index (κ3) is 2.45. The Kier molecular flexibility index (Phi) is 3.10. The largest absolute Gasteiger partial charge is 0.661 e. The highest BCUT2D eigenvalue weighted by Crippen LogP contribution is 2.32. The van der Waals surface area contributed by atoms with Crippen LogP contribution < -0.4 is 0 Å². The Morgan fingerprint density at radius 2 is 1.93 bits per heavy atom. The van der Waals surface area contributed by atoms with Crippen molar-refractivity contribution < 1.29 is 17.6 Å². The van der Waals surface area contributed by atoms with Gasteiger partial charge in [0.25, 0.3) is 0 Å². The SMILES string of the molecule is C[N-]Cc1ccc(F)c(C(F)(F)F)c1. The average Bonchev–Trinajstić information content (AvgIpc) is 2.07. The lowest BCUT2D eigenvalue weighted by Crippen LogP contribution is -2.08. The van der Waals surface area contributed by atoms with Crippen molar-refractivity contribution in [2.45, 2.75) is 12.7 Å². The smallest absolute Gasteiger partial charge is 0.419 e. The van der Waals surface area contributed by atoms with E-state index in [4.69, 9.17) is 0 Å². The normalized spacial score (nSPS) is 11.8. The van der Waals surface area contributed by atoms with Gasteiger partial charge in [0.1, 0.15) is 5.82 Å². The van der Waals surface area contributed by atoms with E-state index in [-0.39, 0.29) is 6.54 Å². The lowest BCUT2D eigenvalue weighted by Gasteiger charge is -2.14. The average molecular weight is 206 g/mol. The van der Waals surface area contributed by atoms with Gasteiger partial charge in [0.15, 0.2) is 0 Å². The van der Waals surface area contributed by atoms with Crippen molar-refractivity contribution in [3.05, 3.63) is 40.5 Å². The summed E-state index contributed by atoms with van der Waals surface area (Å²) in [6.07, 6.45) is -4.65. The molecule has 0 atom stereocenters. The van der Waals surface area contributed by atoms with E-state index in [0.717, 1.165) is 12.1 Å². The van der Waals surface area contributed by atoms with Crippen LogP contribution in [0.5, 0.6) is 0 Å². The molecule has 1 rings (SSSR count). The summed E-state index contributed by atoms with van der Waals surface area (Å²) in [5.74, 6) is -1.25. The van der Waals surface area contributed by atoms with E-state index in [1.54, 1.807) is 0 Å². The number of hydrogen-bond acceptors (Lipinski definition) is 0. The molecule has 5 heteroatoms. The summed E-state index contributed by atoms with van der Waals surface area (Å²) in [6.45, 7) is 0.156. The number of nitrogens with zero attached hydrogens (tertiary/aromatic N) is 1. The van der Waals surface area contributed by atoms with Crippen molar-refractivity contribution in [3.63, 3.8) is 0 Å². The van der Waals surface area contributed by atoms with E-state index in [0.29, 0.717) is 5.56 Å². The third-order valence-electron chi connectivity index (χ3n) is 1.68. The monoisotopic (exact) mass is 206 g/mol. The summed E-state index contributed by atoms with van der Waals surface area (Å²) in [6, 6.07) is 2.88. The van der Waals surface area contributed by atoms with Gasteiger partial charge in [0, 0.05) is 0 Å². The Labute approximate surface area is 78.7 Å². The van der Waals surface area contributed by atoms with Crippen LogP contribution in [-0.4, -0.2) is 7.05 Å². The number of halogens is 4. The summed E-state index contributed by atoms with van der Waals surface area (Å²) < 4.78 is 49.4. The van der Waals surface area contributed by atoms with E-state index in [1.165, 1.54) is 13.1 Å². The minimum atomic E-state index is -4.65. The molecule has 0 saturated heterocycles. The molecule has 0 N–H and O–H groups in total. The van der Waals surface area contributed by atoms with Crippen LogP contribution in [0.1, 0.15) is 11.1 Å². The molecule has 0 aromatic heterocycles. The number of hydrogen-bond donors (Lipinski definition) is 0. The van der Waals surface area contributed by atoms with Crippen LogP contribution in [0.2, 0.25) is 0 Å². The molecule has 0 saturated carbocycles. The maximum atomic E-state index is 12.8. The van der Waals surface area contributed by atoms with Gasteiger partial charge in [0.05, 0.1) is 5.56 Å². The van der Waals surface area contributed by atoms with E-state index < -0.39 is 17.6 Å². The van der Waals surface area contributed by atoms with Crippen LogP contribution in [0.4, 0.5) is 17.6 Å². The Morgan fingerprint density at radius 3 is 2.43 bits per heavy atom. The molecule has 0 spiro atoms. The van der Waals surface area contributed by atoms with Gasteiger partial charge in [-0.05, 0) is 12.1 Å². The Hall–Kier alpha value is -1.10. The molecule has 0 aliphatic heterocycles. The molecule has 14 heavy (non-hydrogen) atoms. The van der Waals surface area contributed by atoms with Gasteiger partial charge in [-0.1, -0.05) is 11.6 Å². The quantitative estimate of drug-likeness (QED) is 0.659. The second-order valence-electron chi connectivity index (χ2n) is 2.79. The predicted octanol–water partition coefficient (Wildman–Crippen LogP) is 3.35.